The van der Waals surface area contributed by atoms with E-state index in [-0.39, 0.29) is 5.84 Å². The van der Waals surface area contributed by atoms with Crippen LogP contribution in [0.3, 0.4) is 0 Å². The number of rotatable bonds is 3. The number of amides is 1. The van der Waals surface area contributed by atoms with Crippen LogP contribution in [-0.4, -0.2) is 17.1 Å². The summed E-state index contributed by atoms with van der Waals surface area (Å²) in [6.07, 6.45) is -0.390. The summed E-state index contributed by atoms with van der Waals surface area (Å²) in [4.78, 5) is 11.8. The van der Waals surface area contributed by atoms with Crippen LogP contribution in [0, 0.1) is 10.5 Å². The molecule has 2 rings (SSSR count). The van der Waals surface area contributed by atoms with E-state index in [1.54, 1.807) is 24.3 Å². The lowest BCUT2D eigenvalue weighted by Gasteiger charge is -2.09. The van der Waals surface area contributed by atoms with Gasteiger partial charge in [0.25, 0.3) is 0 Å². The van der Waals surface area contributed by atoms with Gasteiger partial charge in [-0.05, 0) is 58.8 Å². The van der Waals surface area contributed by atoms with Crippen molar-refractivity contribution in [3.63, 3.8) is 0 Å². The van der Waals surface area contributed by atoms with Gasteiger partial charge in [-0.3, -0.25) is 5.32 Å². The SMILES string of the molecule is Cc1cc(C/C(=N\O)NC(=O)Oc2ccccc2)ccc1I. The van der Waals surface area contributed by atoms with E-state index in [0.717, 1.165) is 14.7 Å². The van der Waals surface area contributed by atoms with Crippen LogP contribution >= 0.6 is 22.6 Å². The van der Waals surface area contributed by atoms with Crippen LogP contribution in [-0.2, 0) is 6.42 Å². The summed E-state index contributed by atoms with van der Waals surface area (Å²) in [5.74, 6) is 0.545. The molecule has 0 heterocycles. The normalized spacial score (nSPS) is 11.1. The number of para-hydroxylation sites is 1. The molecule has 0 unspecified atom stereocenters. The highest BCUT2D eigenvalue weighted by molar-refractivity contribution is 14.1. The first-order chi connectivity index (χ1) is 10.6. The summed E-state index contributed by atoms with van der Waals surface area (Å²) in [5.41, 5.74) is 2.06. The first-order valence-corrected chi connectivity index (χ1v) is 7.66. The number of nitrogens with one attached hydrogen (secondary N) is 1. The van der Waals surface area contributed by atoms with E-state index < -0.39 is 6.09 Å². The first-order valence-electron chi connectivity index (χ1n) is 6.58. The van der Waals surface area contributed by atoms with Gasteiger partial charge in [0.2, 0.25) is 0 Å². The lowest BCUT2D eigenvalue weighted by atomic mass is 10.1. The van der Waals surface area contributed by atoms with E-state index in [1.807, 2.05) is 31.2 Å². The van der Waals surface area contributed by atoms with Crippen molar-refractivity contribution in [2.45, 2.75) is 13.3 Å². The molecule has 0 bridgehead atoms. The second-order valence-electron chi connectivity index (χ2n) is 4.63. The van der Waals surface area contributed by atoms with E-state index in [1.165, 1.54) is 0 Å². The standard InChI is InChI=1S/C16H15IN2O3/c1-11-9-12(7-8-14(11)17)10-15(19-21)18-16(20)22-13-5-3-2-4-6-13/h2-9,21H,10H2,1H3,(H,18,19,20). The van der Waals surface area contributed by atoms with Gasteiger partial charge in [-0.15, -0.1) is 0 Å². The second kappa shape index (κ2) is 7.79. The molecule has 0 aliphatic rings. The Kier molecular flexibility index (Phi) is 5.76. The average Bonchev–Trinajstić information content (AvgIpc) is 2.51. The smallest absolute Gasteiger partial charge is 0.410 e. The van der Waals surface area contributed by atoms with Crippen LogP contribution < -0.4 is 10.1 Å². The third-order valence-corrected chi connectivity index (χ3v) is 4.13. The lowest BCUT2D eigenvalue weighted by molar-refractivity contribution is 0.205. The minimum atomic E-state index is -0.693. The number of carbonyl (C=O) groups excluding carboxylic acids is 1. The summed E-state index contributed by atoms with van der Waals surface area (Å²) in [7, 11) is 0. The Morgan fingerprint density at radius 1 is 1.27 bits per heavy atom. The number of nitrogens with zero attached hydrogens (tertiary/aromatic N) is 1. The van der Waals surface area contributed by atoms with Crippen LogP contribution in [0.5, 0.6) is 5.75 Å². The summed E-state index contributed by atoms with van der Waals surface area (Å²) < 4.78 is 6.24. The molecule has 1 amide bonds. The van der Waals surface area contributed by atoms with Gasteiger partial charge in [-0.1, -0.05) is 35.5 Å². The van der Waals surface area contributed by atoms with Gasteiger partial charge in [-0.2, -0.15) is 0 Å². The molecule has 2 aromatic rings. The van der Waals surface area contributed by atoms with Gasteiger partial charge in [-0.25, -0.2) is 4.79 Å². The van der Waals surface area contributed by atoms with Crippen LogP contribution in [0.2, 0.25) is 0 Å². The van der Waals surface area contributed by atoms with Gasteiger partial charge in [0.05, 0.1) is 0 Å². The summed E-state index contributed by atoms with van der Waals surface area (Å²) in [6.45, 7) is 2.00. The quantitative estimate of drug-likeness (QED) is 0.267. The van der Waals surface area contributed by atoms with Gasteiger partial charge in [0.15, 0.2) is 5.84 Å². The zero-order chi connectivity index (χ0) is 15.9. The zero-order valence-corrected chi connectivity index (χ0v) is 14.1. The Hall–Kier alpha value is -2.09. The number of oxime groups is 1. The fourth-order valence-electron chi connectivity index (χ4n) is 1.85. The lowest BCUT2D eigenvalue weighted by Crippen LogP contribution is -2.34. The second-order valence-corrected chi connectivity index (χ2v) is 5.80. The van der Waals surface area contributed by atoms with E-state index in [9.17, 15) is 4.79 Å². The van der Waals surface area contributed by atoms with Crippen molar-refractivity contribution in [3.05, 3.63) is 63.2 Å². The third-order valence-electron chi connectivity index (χ3n) is 2.91. The highest BCUT2D eigenvalue weighted by Gasteiger charge is 2.10. The zero-order valence-electron chi connectivity index (χ0n) is 11.9. The van der Waals surface area contributed by atoms with Crippen molar-refractivity contribution in [1.29, 1.82) is 0 Å². The van der Waals surface area contributed by atoms with Gasteiger partial charge >= 0.3 is 6.09 Å². The van der Waals surface area contributed by atoms with E-state index in [4.69, 9.17) is 9.94 Å². The van der Waals surface area contributed by atoms with E-state index in [0.29, 0.717) is 12.2 Å². The van der Waals surface area contributed by atoms with Crippen molar-refractivity contribution >= 4 is 34.5 Å². The van der Waals surface area contributed by atoms with Crippen LogP contribution in [0.15, 0.2) is 53.7 Å². The number of aryl methyl sites for hydroxylation is 1. The van der Waals surface area contributed by atoms with Crippen molar-refractivity contribution in [2.75, 3.05) is 0 Å². The molecule has 0 aliphatic heterocycles. The van der Waals surface area contributed by atoms with Crippen LogP contribution in [0.25, 0.3) is 0 Å². The van der Waals surface area contributed by atoms with E-state index >= 15 is 0 Å². The highest BCUT2D eigenvalue weighted by Crippen LogP contribution is 2.14. The Bertz CT molecular complexity index is 687. The molecular weight excluding hydrogens is 395 g/mol. The molecule has 0 saturated carbocycles. The number of ether oxygens (including phenoxy) is 1. The largest absolute Gasteiger partial charge is 0.418 e. The number of benzene rings is 2. The Morgan fingerprint density at radius 3 is 2.64 bits per heavy atom. The molecule has 0 fully saturated rings. The molecule has 0 atom stereocenters. The fourth-order valence-corrected chi connectivity index (χ4v) is 2.19. The van der Waals surface area contributed by atoms with Crippen molar-refractivity contribution < 1.29 is 14.7 Å². The molecule has 5 nitrogen and oxygen atoms in total. The molecule has 0 saturated heterocycles. The number of halogens is 1. The number of amidine groups is 1. The molecule has 2 aromatic carbocycles. The minimum absolute atomic E-state index is 0.126. The molecule has 0 aliphatic carbocycles. The first kappa shape index (κ1) is 16.3. The predicted octanol–water partition coefficient (Wildman–Crippen LogP) is 3.72. The Balaban J connectivity index is 1.97. The number of carbonyl (C=O) groups is 1. The minimum Gasteiger partial charge on any atom is -0.410 e. The monoisotopic (exact) mass is 410 g/mol. The number of hydrogen-bond acceptors (Lipinski definition) is 4. The number of hydrogen-bond donors (Lipinski definition) is 2. The molecule has 0 radical (unpaired) electrons. The molecule has 114 valence electrons. The topological polar surface area (TPSA) is 70.9 Å². The maximum absolute atomic E-state index is 11.8. The maximum Gasteiger partial charge on any atom is 0.418 e. The van der Waals surface area contributed by atoms with Crippen molar-refractivity contribution in [1.82, 2.24) is 5.32 Å². The van der Waals surface area contributed by atoms with Gasteiger partial charge in [0, 0.05) is 9.99 Å². The van der Waals surface area contributed by atoms with Crippen LogP contribution in [0.4, 0.5) is 4.79 Å². The highest BCUT2D eigenvalue weighted by atomic mass is 127. The Morgan fingerprint density at radius 2 is 2.00 bits per heavy atom. The van der Waals surface area contributed by atoms with Gasteiger partial charge < -0.3 is 9.94 Å². The maximum atomic E-state index is 11.8. The summed E-state index contributed by atoms with van der Waals surface area (Å²) in [6, 6.07) is 14.6. The van der Waals surface area contributed by atoms with Crippen LogP contribution in [0.1, 0.15) is 11.1 Å². The fraction of sp³-hybridized carbons (Fsp3) is 0.125. The Labute approximate surface area is 142 Å². The average molecular weight is 410 g/mol. The summed E-state index contributed by atoms with van der Waals surface area (Å²) in [5, 5.41) is 14.6. The molecule has 22 heavy (non-hydrogen) atoms. The van der Waals surface area contributed by atoms with Gasteiger partial charge in [0.1, 0.15) is 5.75 Å². The molecule has 0 aromatic heterocycles. The molecule has 2 N–H and O–H groups in total. The summed E-state index contributed by atoms with van der Waals surface area (Å²) >= 11 is 2.25. The third kappa shape index (κ3) is 4.73. The molecule has 0 spiro atoms. The predicted molar refractivity (Wildman–Crippen MR) is 92.4 cm³/mol. The van der Waals surface area contributed by atoms with Crippen molar-refractivity contribution in [2.24, 2.45) is 5.16 Å². The molecule has 6 heteroatoms. The van der Waals surface area contributed by atoms with E-state index in [2.05, 4.69) is 33.1 Å². The molecular formula is C16H15IN2O3. The van der Waals surface area contributed by atoms with Crippen molar-refractivity contribution in [3.8, 4) is 5.75 Å².